The van der Waals surface area contributed by atoms with Crippen molar-refractivity contribution >= 4 is 11.8 Å². The molecule has 5 rings (SSSR count). The number of aromatic nitrogens is 5. The molecular formula is C22H21N5O3S. The van der Waals surface area contributed by atoms with Gasteiger partial charge in [-0.3, -0.25) is 0 Å². The molecule has 0 saturated heterocycles. The molecule has 4 aromatic rings. The first-order valence-electron chi connectivity index (χ1n) is 10.1. The Hall–Kier alpha value is -3.33. The van der Waals surface area contributed by atoms with E-state index >= 15 is 0 Å². The Kier molecular flexibility index (Phi) is 5.33. The molecule has 8 nitrogen and oxygen atoms in total. The number of nitrogens with zero attached hydrogens (tertiary/aromatic N) is 5. The zero-order valence-electron chi connectivity index (χ0n) is 17.2. The molecule has 3 heterocycles. The standard InChI is InChI=1S/C22H21N5O3S/c1-3-27-21(15-8-9-17-18(12-15)29-11-10-28-17)24-25-22(27)31-13-19-23-20(26-30-19)16-7-5-4-6-14(16)2/h4-9,12H,3,10-11,13H2,1-2H3. The third-order valence-electron chi connectivity index (χ3n) is 5.01. The maximum absolute atomic E-state index is 5.70. The third kappa shape index (κ3) is 3.88. The summed E-state index contributed by atoms with van der Waals surface area (Å²) in [4.78, 5) is 4.54. The van der Waals surface area contributed by atoms with Crippen molar-refractivity contribution in [3.05, 3.63) is 53.9 Å². The van der Waals surface area contributed by atoms with E-state index in [1.165, 1.54) is 11.8 Å². The number of thioether (sulfide) groups is 1. The molecule has 2 aromatic carbocycles. The summed E-state index contributed by atoms with van der Waals surface area (Å²) in [5.41, 5.74) is 3.02. The van der Waals surface area contributed by atoms with Crippen LogP contribution in [0.15, 0.2) is 52.1 Å². The van der Waals surface area contributed by atoms with Crippen molar-refractivity contribution in [1.29, 1.82) is 0 Å². The first-order valence-corrected chi connectivity index (χ1v) is 11.1. The molecule has 0 saturated carbocycles. The van der Waals surface area contributed by atoms with Crippen LogP contribution < -0.4 is 9.47 Å². The van der Waals surface area contributed by atoms with Gasteiger partial charge in [-0.1, -0.05) is 41.2 Å². The van der Waals surface area contributed by atoms with Gasteiger partial charge in [0, 0.05) is 17.7 Å². The third-order valence-corrected chi connectivity index (χ3v) is 5.96. The van der Waals surface area contributed by atoms with Crippen LogP contribution in [0.5, 0.6) is 11.5 Å². The van der Waals surface area contributed by atoms with Crippen molar-refractivity contribution < 1.29 is 14.0 Å². The summed E-state index contributed by atoms with van der Waals surface area (Å²) in [5, 5.41) is 13.7. The van der Waals surface area contributed by atoms with Gasteiger partial charge in [-0.2, -0.15) is 4.98 Å². The van der Waals surface area contributed by atoms with E-state index in [2.05, 4.69) is 31.8 Å². The van der Waals surface area contributed by atoms with Crippen LogP contribution in [0.1, 0.15) is 18.4 Å². The van der Waals surface area contributed by atoms with Gasteiger partial charge in [-0.25, -0.2) is 0 Å². The fourth-order valence-corrected chi connectivity index (χ4v) is 4.29. The number of hydrogen-bond acceptors (Lipinski definition) is 8. The predicted molar refractivity (Wildman–Crippen MR) is 116 cm³/mol. The van der Waals surface area contributed by atoms with Crippen molar-refractivity contribution in [2.24, 2.45) is 0 Å². The Labute approximate surface area is 183 Å². The van der Waals surface area contributed by atoms with Crippen LogP contribution in [0, 0.1) is 6.92 Å². The molecule has 158 valence electrons. The van der Waals surface area contributed by atoms with E-state index in [1.54, 1.807) is 0 Å². The summed E-state index contributed by atoms with van der Waals surface area (Å²) in [5.74, 6) is 3.94. The average molecular weight is 436 g/mol. The SMILES string of the molecule is CCn1c(SCc2nc(-c3ccccc3C)no2)nnc1-c1ccc2c(c1)OCCO2. The van der Waals surface area contributed by atoms with E-state index in [-0.39, 0.29) is 0 Å². The topological polar surface area (TPSA) is 88.1 Å². The molecule has 0 radical (unpaired) electrons. The van der Waals surface area contributed by atoms with Gasteiger partial charge >= 0.3 is 0 Å². The summed E-state index contributed by atoms with van der Waals surface area (Å²) in [6.07, 6.45) is 0. The molecule has 0 aliphatic carbocycles. The number of fused-ring (bicyclic) bond motifs is 1. The summed E-state index contributed by atoms with van der Waals surface area (Å²) >= 11 is 1.52. The van der Waals surface area contributed by atoms with E-state index in [0.717, 1.165) is 45.7 Å². The number of ether oxygens (including phenoxy) is 2. The number of rotatable bonds is 6. The molecule has 0 fully saturated rings. The second kappa shape index (κ2) is 8.43. The molecule has 0 unspecified atom stereocenters. The minimum absolute atomic E-state index is 0.512. The fraction of sp³-hybridized carbons (Fsp3) is 0.273. The quantitative estimate of drug-likeness (QED) is 0.412. The van der Waals surface area contributed by atoms with Gasteiger partial charge in [0.15, 0.2) is 22.5 Å². The zero-order chi connectivity index (χ0) is 21.2. The van der Waals surface area contributed by atoms with Gasteiger partial charge in [-0.15, -0.1) is 10.2 Å². The van der Waals surface area contributed by atoms with Crippen molar-refractivity contribution in [2.45, 2.75) is 31.3 Å². The molecule has 1 aliphatic heterocycles. The molecule has 1 aliphatic rings. The highest BCUT2D eigenvalue weighted by molar-refractivity contribution is 7.98. The van der Waals surface area contributed by atoms with Crippen molar-refractivity contribution in [1.82, 2.24) is 24.9 Å². The maximum Gasteiger partial charge on any atom is 0.237 e. The highest BCUT2D eigenvalue weighted by Gasteiger charge is 2.18. The van der Waals surface area contributed by atoms with Crippen LogP contribution in [-0.4, -0.2) is 38.1 Å². The Morgan fingerprint density at radius 1 is 1.03 bits per heavy atom. The van der Waals surface area contributed by atoms with Gasteiger partial charge in [0.1, 0.15) is 13.2 Å². The van der Waals surface area contributed by atoms with Gasteiger partial charge < -0.3 is 18.6 Å². The van der Waals surface area contributed by atoms with Crippen molar-refractivity contribution in [3.8, 4) is 34.3 Å². The lowest BCUT2D eigenvalue weighted by atomic mass is 10.1. The Balaban J connectivity index is 1.34. The average Bonchev–Trinajstić information content (AvgIpc) is 3.44. The van der Waals surface area contributed by atoms with E-state index < -0.39 is 0 Å². The monoisotopic (exact) mass is 435 g/mol. The molecule has 31 heavy (non-hydrogen) atoms. The Morgan fingerprint density at radius 2 is 1.87 bits per heavy atom. The first-order chi connectivity index (χ1) is 15.2. The largest absolute Gasteiger partial charge is 0.486 e. The van der Waals surface area contributed by atoms with Crippen molar-refractivity contribution in [2.75, 3.05) is 13.2 Å². The predicted octanol–water partition coefficient (Wildman–Crippen LogP) is 4.39. The summed E-state index contributed by atoms with van der Waals surface area (Å²) in [6, 6.07) is 13.8. The molecular weight excluding hydrogens is 414 g/mol. The molecule has 0 atom stereocenters. The van der Waals surface area contributed by atoms with Crippen LogP contribution in [0.25, 0.3) is 22.8 Å². The zero-order valence-corrected chi connectivity index (χ0v) is 18.1. The van der Waals surface area contributed by atoms with Crippen molar-refractivity contribution in [3.63, 3.8) is 0 Å². The lowest BCUT2D eigenvalue weighted by molar-refractivity contribution is 0.171. The van der Waals surface area contributed by atoms with E-state index in [9.17, 15) is 0 Å². The second-order valence-electron chi connectivity index (χ2n) is 7.02. The van der Waals surface area contributed by atoms with Crippen LogP contribution in [-0.2, 0) is 12.3 Å². The van der Waals surface area contributed by atoms with Gasteiger partial charge in [0.2, 0.25) is 11.7 Å². The lowest BCUT2D eigenvalue weighted by Crippen LogP contribution is -2.15. The van der Waals surface area contributed by atoms with Crippen LogP contribution in [0.4, 0.5) is 0 Å². The summed E-state index contributed by atoms with van der Waals surface area (Å²) in [6.45, 7) is 5.95. The molecule has 0 bridgehead atoms. The highest BCUT2D eigenvalue weighted by atomic mass is 32.2. The first kappa shape index (κ1) is 19.6. The van der Waals surface area contributed by atoms with Crippen LogP contribution in [0.2, 0.25) is 0 Å². The van der Waals surface area contributed by atoms with Crippen LogP contribution in [0.3, 0.4) is 0 Å². The molecule has 0 amide bonds. The summed E-state index contributed by atoms with van der Waals surface area (Å²) < 4.78 is 18.8. The summed E-state index contributed by atoms with van der Waals surface area (Å²) in [7, 11) is 0. The molecule has 0 spiro atoms. The Morgan fingerprint density at radius 3 is 2.71 bits per heavy atom. The number of hydrogen-bond donors (Lipinski definition) is 0. The normalized spacial score (nSPS) is 12.8. The molecule has 2 aromatic heterocycles. The lowest BCUT2D eigenvalue weighted by Gasteiger charge is -2.18. The Bertz CT molecular complexity index is 1220. The highest BCUT2D eigenvalue weighted by Crippen LogP contribution is 2.35. The maximum atomic E-state index is 5.70. The smallest absolute Gasteiger partial charge is 0.237 e. The fourth-order valence-electron chi connectivity index (χ4n) is 3.45. The second-order valence-corrected chi connectivity index (χ2v) is 7.97. The number of aryl methyl sites for hydroxylation is 1. The van der Waals surface area contributed by atoms with Gasteiger partial charge in [0.25, 0.3) is 0 Å². The van der Waals surface area contributed by atoms with Gasteiger partial charge in [-0.05, 0) is 37.6 Å². The van der Waals surface area contributed by atoms with Gasteiger partial charge in [0.05, 0.1) is 5.75 Å². The van der Waals surface area contributed by atoms with Crippen LogP contribution >= 0.6 is 11.8 Å². The molecule has 9 heteroatoms. The minimum Gasteiger partial charge on any atom is -0.486 e. The minimum atomic E-state index is 0.512. The van der Waals surface area contributed by atoms with E-state index in [1.807, 2.05) is 49.4 Å². The van der Waals surface area contributed by atoms with E-state index in [4.69, 9.17) is 14.0 Å². The van der Waals surface area contributed by atoms with E-state index in [0.29, 0.717) is 30.7 Å². The number of benzene rings is 2. The molecule has 0 N–H and O–H groups in total.